The quantitative estimate of drug-likeness (QED) is 0.779. The van der Waals surface area contributed by atoms with Crippen molar-refractivity contribution < 1.29 is 4.79 Å². The third kappa shape index (κ3) is 2.63. The molecule has 2 heterocycles. The zero-order chi connectivity index (χ0) is 14.1. The molecule has 108 valence electrons. The molecule has 0 bridgehead atoms. The summed E-state index contributed by atoms with van der Waals surface area (Å²) in [7, 11) is 4.09. The van der Waals surface area contributed by atoms with Gasteiger partial charge in [0.05, 0.1) is 12.2 Å². The van der Waals surface area contributed by atoms with Crippen LogP contribution in [-0.2, 0) is 24.4 Å². The second kappa shape index (κ2) is 5.40. The van der Waals surface area contributed by atoms with Gasteiger partial charge >= 0.3 is 0 Å². The van der Waals surface area contributed by atoms with Gasteiger partial charge in [0.15, 0.2) is 0 Å². The first-order valence-electron chi connectivity index (χ1n) is 7.27. The number of aromatic nitrogens is 2. The lowest BCUT2D eigenvalue weighted by molar-refractivity contribution is -0.136. The maximum absolute atomic E-state index is 12.4. The average Bonchev–Trinajstić information content (AvgIpc) is 3.04. The fraction of sp³-hybridized carbons (Fsp3) is 0.600. The minimum absolute atomic E-state index is 0.165. The molecule has 5 heteroatoms. The lowest BCUT2D eigenvalue weighted by Crippen LogP contribution is -2.41. The number of nitrogens with zero attached hydrogens (tertiary/aromatic N) is 4. The van der Waals surface area contributed by atoms with Crippen LogP contribution in [0.15, 0.2) is 18.3 Å². The summed E-state index contributed by atoms with van der Waals surface area (Å²) in [4.78, 5) is 21.2. The van der Waals surface area contributed by atoms with Crippen molar-refractivity contribution in [1.82, 2.24) is 19.4 Å². The third-order valence-electron chi connectivity index (χ3n) is 4.00. The zero-order valence-corrected chi connectivity index (χ0v) is 12.2. The molecule has 5 nitrogen and oxygen atoms in total. The highest BCUT2D eigenvalue weighted by molar-refractivity contribution is 5.79. The Morgan fingerprint density at radius 1 is 1.35 bits per heavy atom. The number of hydrogen-bond acceptors (Lipinski definition) is 3. The number of hydrogen-bond donors (Lipinski definition) is 0. The Kier molecular flexibility index (Phi) is 3.61. The van der Waals surface area contributed by atoms with Crippen molar-refractivity contribution in [3.8, 4) is 0 Å². The van der Waals surface area contributed by atoms with Crippen LogP contribution in [0.5, 0.6) is 0 Å². The van der Waals surface area contributed by atoms with E-state index in [0.717, 1.165) is 44.0 Å². The molecule has 20 heavy (non-hydrogen) atoms. The summed E-state index contributed by atoms with van der Waals surface area (Å²) in [5, 5.41) is 0. The van der Waals surface area contributed by atoms with Gasteiger partial charge in [-0.05, 0) is 26.9 Å². The van der Waals surface area contributed by atoms with Crippen molar-refractivity contribution in [3.05, 3.63) is 29.9 Å². The maximum atomic E-state index is 12.4. The van der Waals surface area contributed by atoms with E-state index in [9.17, 15) is 4.79 Å². The number of imidazole rings is 1. The molecule has 0 radical (unpaired) electrons. The lowest BCUT2D eigenvalue weighted by atomic mass is 10.1. The molecule has 0 spiro atoms. The molecular formula is C15H22N4O. The van der Waals surface area contributed by atoms with E-state index < -0.39 is 0 Å². The van der Waals surface area contributed by atoms with E-state index in [1.807, 2.05) is 19.0 Å². The van der Waals surface area contributed by atoms with E-state index in [1.165, 1.54) is 0 Å². The summed E-state index contributed by atoms with van der Waals surface area (Å²) >= 11 is 0. The second-order valence-electron chi connectivity index (χ2n) is 5.98. The first-order chi connectivity index (χ1) is 9.63. The van der Waals surface area contributed by atoms with E-state index in [2.05, 4.69) is 32.8 Å². The van der Waals surface area contributed by atoms with E-state index in [0.29, 0.717) is 12.5 Å². The summed E-state index contributed by atoms with van der Waals surface area (Å²) in [6.07, 6.45) is 8.14. The highest BCUT2D eigenvalue weighted by atomic mass is 16.2. The van der Waals surface area contributed by atoms with E-state index >= 15 is 0 Å². The Hall–Kier alpha value is -1.62. The Balaban J connectivity index is 1.68. The molecule has 1 aromatic rings. The third-order valence-corrected chi connectivity index (χ3v) is 4.00. The molecule has 1 amide bonds. The highest BCUT2D eigenvalue weighted by Gasteiger charge is 2.28. The van der Waals surface area contributed by atoms with Crippen molar-refractivity contribution in [2.45, 2.75) is 32.5 Å². The number of allylic oxidation sites excluding steroid dienone is 2. The highest BCUT2D eigenvalue weighted by Crippen LogP contribution is 2.23. The van der Waals surface area contributed by atoms with Crippen LogP contribution in [0.1, 0.15) is 24.4 Å². The fourth-order valence-electron chi connectivity index (χ4n) is 2.98. The summed E-state index contributed by atoms with van der Waals surface area (Å²) in [5.74, 6) is 1.48. The molecule has 1 aliphatic carbocycles. The number of carbonyl (C=O) groups excluding carboxylic acids is 1. The number of carbonyl (C=O) groups is 1. The smallest absolute Gasteiger partial charge is 0.226 e. The average molecular weight is 274 g/mol. The Morgan fingerprint density at radius 2 is 2.10 bits per heavy atom. The SMILES string of the molecule is CN(C)Cc1cn2c(n1)CN(C(=O)C1CC=CC1)CC2. The molecule has 0 saturated carbocycles. The van der Waals surface area contributed by atoms with Crippen LogP contribution in [0, 0.1) is 5.92 Å². The van der Waals surface area contributed by atoms with Gasteiger partial charge in [0, 0.05) is 31.7 Å². The minimum Gasteiger partial charge on any atom is -0.333 e. The molecule has 0 atom stereocenters. The molecule has 1 aromatic heterocycles. The Bertz CT molecular complexity index is 524. The van der Waals surface area contributed by atoms with E-state index in [-0.39, 0.29) is 5.92 Å². The monoisotopic (exact) mass is 274 g/mol. The molecule has 0 fully saturated rings. The van der Waals surface area contributed by atoms with Crippen molar-refractivity contribution in [3.63, 3.8) is 0 Å². The minimum atomic E-state index is 0.165. The van der Waals surface area contributed by atoms with Gasteiger partial charge in [-0.3, -0.25) is 4.79 Å². The van der Waals surface area contributed by atoms with Gasteiger partial charge in [-0.15, -0.1) is 0 Å². The number of fused-ring (bicyclic) bond motifs is 1. The molecular weight excluding hydrogens is 252 g/mol. The maximum Gasteiger partial charge on any atom is 0.226 e. The van der Waals surface area contributed by atoms with Crippen molar-refractivity contribution in [2.75, 3.05) is 20.6 Å². The van der Waals surface area contributed by atoms with Crippen LogP contribution in [0.4, 0.5) is 0 Å². The first-order valence-corrected chi connectivity index (χ1v) is 7.27. The van der Waals surface area contributed by atoms with Crippen molar-refractivity contribution >= 4 is 5.91 Å². The van der Waals surface area contributed by atoms with Crippen molar-refractivity contribution in [2.24, 2.45) is 5.92 Å². The van der Waals surface area contributed by atoms with Crippen LogP contribution in [0.2, 0.25) is 0 Å². The lowest BCUT2D eigenvalue weighted by Gasteiger charge is -2.29. The standard InChI is InChI=1S/C15H22N4O/c1-17(2)9-13-10-18-7-8-19(11-14(18)16-13)15(20)12-5-3-4-6-12/h3-4,10,12H,5-9,11H2,1-2H3. The first kappa shape index (κ1) is 13.4. The molecule has 0 N–H and O–H groups in total. The number of amides is 1. The van der Waals surface area contributed by atoms with Gasteiger partial charge in [-0.25, -0.2) is 4.98 Å². The summed E-state index contributed by atoms with van der Waals surface area (Å²) in [6, 6.07) is 0. The van der Waals surface area contributed by atoms with Crippen LogP contribution in [-0.4, -0.2) is 45.9 Å². The van der Waals surface area contributed by atoms with Gasteiger partial charge in [-0.1, -0.05) is 12.2 Å². The molecule has 3 rings (SSSR count). The van der Waals surface area contributed by atoms with Gasteiger partial charge in [0.1, 0.15) is 5.82 Å². The predicted molar refractivity (Wildman–Crippen MR) is 76.9 cm³/mol. The van der Waals surface area contributed by atoms with Gasteiger partial charge in [0.25, 0.3) is 0 Å². The normalized spacial score (nSPS) is 18.9. The summed E-state index contributed by atoms with van der Waals surface area (Å²) in [5.41, 5.74) is 1.09. The van der Waals surface area contributed by atoms with Gasteiger partial charge in [0.2, 0.25) is 5.91 Å². The molecule has 0 unspecified atom stereocenters. The fourth-order valence-corrected chi connectivity index (χ4v) is 2.98. The predicted octanol–water partition coefficient (Wildman–Crippen LogP) is 1.25. The second-order valence-corrected chi connectivity index (χ2v) is 5.98. The van der Waals surface area contributed by atoms with Crippen molar-refractivity contribution in [1.29, 1.82) is 0 Å². The summed E-state index contributed by atoms with van der Waals surface area (Å²) in [6.45, 7) is 3.17. The van der Waals surface area contributed by atoms with Gasteiger partial charge < -0.3 is 14.4 Å². The topological polar surface area (TPSA) is 41.4 Å². The van der Waals surface area contributed by atoms with E-state index in [1.54, 1.807) is 0 Å². The van der Waals surface area contributed by atoms with E-state index in [4.69, 9.17) is 0 Å². The van der Waals surface area contributed by atoms with Crippen LogP contribution in [0.25, 0.3) is 0 Å². The number of rotatable bonds is 3. The largest absolute Gasteiger partial charge is 0.333 e. The molecule has 0 aromatic carbocycles. The van der Waals surface area contributed by atoms with Crippen LogP contribution in [0.3, 0.4) is 0 Å². The zero-order valence-electron chi connectivity index (χ0n) is 12.2. The van der Waals surface area contributed by atoms with Crippen LogP contribution < -0.4 is 0 Å². The molecule has 2 aliphatic rings. The van der Waals surface area contributed by atoms with Crippen LogP contribution >= 0.6 is 0 Å². The van der Waals surface area contributed by atoms with Gasteiger partial charge in [-0.2, -0.15) is 0 Å². The summed E-state index contributed by atoms with van der Waals surface area (Å²) < 4.78 is 2.19. The Labute approximate surface area is 119 Å². The Morgan fingerprint density at radius 3 is 2.80 bits per heavy atom. The molecule has 0 saturated heterocycles. The molecule has 1 aliphatic heterocycles.